The molecule has 1 aromatic carbocycles. The maximum Gasteiger partial charge on any atom is 0.0465 e. The summed E-state index contributed by atoms with van der Waals surface area (Å²) < 4.78 is 0. The lowest BCUT2D eigenvalue weighted by atomic mass is 10.2. The van der Waals surface area contributed by atoms with Crippen molar-refractivity contribution in [3.05, 3.63) is 33.8 Å². The maximum atomic E-state index is 6.07. The van der Waals surface area contributed by atoms with Crippen molar-refractivity contribution in [3.8, 4) is 0 Å². The molecule has 0 saturated heterocycles. The third kappa shape index (κ3) is 6.27. The zero-order valence-corrected chi connectivity index (χ0v) is 11.5. The van der Waals surface area contributed by atoms with E-state index in [1.54, 1.807) is 6.07 Å². The molecule has 1 aromatic rings. The monoisotopic (exact) mass is 274 g/mol. The number of halogens is 2. The molecule has 0 fully saturated rings. The van der Waals surface area contributed by atoms with Gasteiger partial charge in [-0.1, -0.05) is 42.1 Å². The third-order valence-corrected chi connectivity index (χ3v) is 3.23. The zero-order valence-electron chi connectivity index (χ0n) is 10.0. The lowest BCUT2D eigenvalue weighted by Gasteiger charge is -2.07. The Morgan fingerprint density at radius 1 is 1.06 bits per heavy atom. The first kappa shape index (κ1) is 14.8. The van der Waals surface area contributed by atoms with Gasteiger partial charge >= 0.3 is 0 Å². The molecular formula is C13H20Cl2N2. The fraction of sp³-hybridized carbons (Fsp3) is 0.538. The molecule has 1 rings (SSSR count). The van der Waals surface area contributed by atoms with Crippen molar-refractivity contribution >= 4 is 23.2 Å². The molecule has 17 heavy (non-hydrogen) atoms. The SMILES string of the molecule is NCCCCCCNCc1ccc(Cl)cc1Cl. The van der Waals surface area contributed by atoms with E-state index in [1.807, 2.05) is 12.1 Å². The van der Waals surface area contributed by atoms with Gasteiger partial charge in [-0.25, -0.2) is 0 Å². The van der Waals surface area contributed by atoms with Crippen LogP contribution in [0.3, 0.4) is 0 Å². The van der Waals surface area contributed by atoms with Gasteiger partial charge in [0.05, 0.1) is 0 Å². The summed E-state index contributed by atoms with van der Waals surface area (Å²) in [5.74, 6) is 0. The van der Waals surface area contributed by atoms with E-state index in [0.717, 1.165) is 36.6 Å². The molecule has 0 amide bonds. The highest BCUT2D eigenvalue weighted by molar-refractivity contribution is 6.35. The van der Waals surface area contributed by atoms with Gasteiger partial charge in [-0.15, -0.1) is 0 Å². The van der Waals surface area contributed by atoms with Gasteiger partial charge in [0.2, 0.25) is 0 Å². The van der Waals surface area contributed by atoms with E-state index in [0.29, 0.717) is 5.02 Å². The molecule has 0 radical (unpaired) electrons. The van der Waals surface area contributed by atoms with E-state index in [4.69, 9.17) is 28.9 Å². The molecule has 0 spiro atoms. The number of nitrogens with one attached hydrogen (secondary N) is 1. The Balaban J connectivity index is 2.14. The van der Waals surface area contributed by atoms with E-state index in [9.17, 15) is 0 Å². The van der Waals surface area contributed by atoms with Crippen LogP contribution >= 0.6 is 23.2 Å². The molecule has 0 aliphatic rings. The minimum atomic E-state index is 0.681. The van der Waals surface area contributed by atoms with Gasteiger partial charge < -0.3 is 11.1 Å². The van der Waals surface area contributed by atoms with Crippen LogP contribution < -0.4 is 11.1 Å². The summed E-state index contributed by atoms with van der Waals surface area (Å²) in [7, 11) is 0. The Morgan fingerprint density at radius 3 is 2.53 bits per heavy atom. The van der Waals surface area contributed by atoms with E-state index in [-0.39, 0.29) is 0 Å². The minimum Gasteiger partial charge on any atom is -0.330 e. The molecule has 0 heterocycles. The summed E-state index contributed by atoms with van der Waals surface area (Å²) in [5.41, 5.74) is 6.53. The first-order valence-corrected chi connectivity index (χ1v) is 6.84. The van der Waals surface area contributed by atoms with Gasteiger partial charge in [0.25, 0.3) is 0 Å². The summed E-state index contributed by atoms with van der Waals surface area (Å²) >= 11 is 11.9. The zero-order chi connectivity index (χ0) is 12.5. The lowest BCUT2D eigenvalue weighted by Crippen LogP contribution is -2.15. The van der Waals surface area contributed by atoms with Gasteiger partial charge in [-0.05, 0) is 43.6 Å². The molecule has 0 aromatic heterocycles. The fourth-order valence-electron chi connectivity index (χ4n) is 1.64. The highest BCUT2D eigenvalue weighted by Gasteiger charge is 2.00. The number of benzene rings is 1. The Bertz CT molecular complexity index is 329. The molecule has 0 unspecified atom stereocenters. The van der Waals surface area contributed by atoms with E-state index in [1.165, 1.54) is 19.3 Å². The smallest absolute Gasteiger partial charge is 0.0465 e. The van der Waals surface area contributed by atoms with Crippen LogP contribution in [0.15, 0.2) is 18.2 Å². The van der Waals surface area contributed by atoms with Crippen LogP contribution in [0, 0.1) is 0 Å². The van der Waals surface area contributed by atoms with E-state index >= 15 is 0 Å². The highest BCUT2D eigenvalue weighted by atomic mass is 35.5. The first-order valence-electron chi connectivity index (χ1n) is 6.08. The maximum absolute atomic E-state index is 6.07. The van der Waals surface area contributed by atoms with E-state index < -0.39 is 0 Å². The van der Waals surface area contributed by atoms with Crippen molar-refractivity contribution in [1.82, 2.24) is 5.32 Å². The molecule has 3 N–H and O–H groups in total. The molecule has 0 aliphatic heterocycles. The number of hydrogen-bond acceptors (Lipinski definition) is 2. The van der Waals surface area contributed by atoms with Crippen LogP contribution in [0.5, 0.6) is 0 Å². The highest BCUT2D eigenvalue weighted by Crippen LogP contribution is 2.20. The molecular weight excluding hydrogens is 255 g/mol. The Hall–Kier alpha value is -0.280. The van der Waals surface area contributed by atoms with Crippen LogP contribution in [-0.2, 0) is 6.54 Å². The van der Waals surface area contributed by atoms with Crippen LogP contribution in [0.1, 0.15) is 31.2 Å². The minimum absolute atomic E-state index is 0.681. The van der Waals surface area contributed by atoms with Crippen LogP contribution in [0.4, 0.5) is 0 Å². The number of nitrogens with two attached hydrogens (primary N) is 1. The fourth-order valence-corrected chi connectivity index (χ4v) is 2.11. The third-order valence-electron chi connectivity index (χ3n) is 2.64. The quantitative estimate of drug-likeness (QED) is 0.711. The van der Waals surface area contributed by atoms with E-state index in [2.05, 4.69) is 5.32 Å². The standard InChI is InChI=1S/C13H20Cl2N2/c14-12-6-5-11(13(15)9-12)10-17-8-4-2-1-3-7-16/h5-6,9,17H,1-4,7-8,10,16H2. The molecule has 2 nitrogen and oxygen atoms in total. The van der Waals surface area contributed by atoms with Gasteiger partial charge in [0.1, 0.15) is 0 Å². The van der Waals surface area contributed by atoms with Crippen molar-refractivity contribution in [1.29, 1.82) is 0 Å². The van der Waals surface area contributed by atoms with Crippen molar-refractivity contribution in [2.45, 2.75) is 32.2 Å². The van der Waals surface area contributed by atoms with Gasteiger partial charge in [-0.3, -0.25) is 0 Å². The summed E-state index contributed by atoms with van der Waals surface area (Å²) in [6, 6.07) is 5.61. The molecule has 96 valence electrons. The topological polar surface area (TPSA) is 38.0 Å². The van der Waals surface area contributed by atoms with Crippen LogP contribution in [-0.4, -0.2) is 13.1 Å². The van der Waals surface area contributed by atoms with Crippen molar-refractivity contribution < 1.29 is 0 Å². The predicted octanol–water partition coefficient (Wildman–Crippen LogP) is 3.60. The number of hydrogen-bond donors (Lipinski definition) is 2. The Labute approximate surface area is 113 Å². The van der Waals surface area contributed by atoms with Crippen molar-refractivity contribution in [2.75, 3.05) is 13.1 Å². The first-order chi connectivity index (χ1) is 8.24. The summed E-state index contributed by atoms with van der Waals surface area (Å²) in [4.78, 5) is 0. The normalized spacial score (nSPS) is 10.8. The van der Waals surface area contributed by atoms with Gasteiger partial charge in [-0.2, -0.15) is 0 Å². The lowest BCUT2D eigenvalue weighted by molar-refractivity contribution is 0.590. The molecule has 0 atom stereocenters. The van der Waals surface area contributed by atoms with Crippen molar-refractivity contribution in [3.63, 3.8) is 0 Å². The van der Waals surface area contributed by atoms with Gasteiger partial charge in [0.15, 0.2) is 0 Å². The van der Waals surface area contributed by atoms with Crippen LogP contribution in [0.2, 0.25) is 10.0 Å². The second kappa shape index (κ2) is 8.76. The van der Waals surface area contributed by atoms with Gasteiger partial charge in [0, 0.05) is 16.6 Å². The largest absolute Gasteiger partial charge is 0.330 e. The summed E-state index contributed by atoms with van der Waals surface area (Å²) in [6.45, 7) is 2.62. The number of unbranched alkanes of at least 4 members (excludes halogenated alkanes) is 3. The Kier molecular flexibility index (Phi) is 7.62. The van der Waals surface area contributed by atoms with Crippen molar-refractivity contribution in [2.24, 2.45) is 5.73 Å². The number of rotatable bonds is 8. The Morgan fingerprint density at radius 2 is 1.82 bits per heavy atom. The second-order valence-electron chi connectivity index (χ2n) is 4.12. The average molecular weight is 275 g/mol. The summed E-state index contributed by atoms with van der Waals surface area (Å²) in [6.07, 6.45) is 4.77. The summed E-state index contributed by atoms with van der Waals surface area (Å²) in [5, 5.41) is 4.79. The molecule has 0 aliphatic carbocycles. The predicted molar refractivity (Wildman–Crippen MR) is 75.7 cm³/mol. The second-order valence-corrected chi connectivity index (χ2v) is 4.96. The molecule has 4 heteroatoms. The van der Waals surface area contributed by atoms with Crippen LogP contribution in [0.25, 0.3) is 0 Å². The molecule has 0 saturated carbocycles. The average Bonchev–Trinajstić information content (AvgIpc) is 2.30. The molecule has 0 bridgehead atoms.